The summed E-state index contributed by atoms with van der Waals surface area (Å²) >= 11 is 0. The first-order valence-corrected chi connectivity index (χ1v) is 7.37. The quantitative estimate of drug-likeness (QED) is 0.918. The zero-order valence-electron chi connectivity index (χ0n) is 12.9. The second kappa shape index (κ2) is 6.47. The predicted molar refractivity (Wildman–Crippen MR) is 88.7 cm³/mol. The lowest BCUT2D eigenvalue weighted by Gasteiger charge is -2.14. The Labute approximate surface area is 130 Å². The lowest BCUT2D eigenvalue weighted by atomic mass is 10.2. The highest BCUT2D eigenvalue weighted by Gasteiger charge is 2.14. The molecule has 0 saturated carbocycles. The highest BCUT2D eigenvalue weighted by atomic mass is 16.5. The fraction of sp³-hybridized carbons (Fsp3) is 0.294. The molecule has 5 nitrogen and oxygen atoms in total. The molecule has 0 amide bonds. The average molecular weight is 296 g/mol. The van der Waals surface area contributed by atoms with Gasteiger partial charge in [-0.1, -0.05) is 12.1 Å². The average Bonchev–Trinajstić information content (AvgIpc) is 3.08. The summed E-state index contributed by atoms with van der Waals surface area (Å²) in [4.78, 5) is 10.9. The smallest absolute Gasteiger partial charge is 0.224 e. The maximum atomic E-state index is 5.92. The minimum atomic E-state index is 0.485. The molecule has 114 valence electrons. The largest absolute Gasteiger partial charge is 0.472 e. The third kappa shape index (κ3) is 3.19. The Hall–Kier alpha value is -2.56. The Kier molecular flexibility index (Phi) is 4.23. The fourth-order valence-electron chi connectivity index (χ4n) is 2.34. The maximum Gasteiger partial charge on any atom is 0.224 e. The van der Waals surface area contributed by atoms with Crippen LogP contribution in [0.25, 0.3) is 0 Å². The molecule has 2 aromatic rings. The Morgan fingerprint density at radius 2 is 2.14 bits per heavy atom. The molecular weight excluding hydrogens is 276 g/mol. The zero-order valence-corrected chi connectivity index (χ0v) is 12.9. The lowest BCUT2D eigenvalue weighted by molar-refractivity contribution is 0.293. The molecule has 0 bridgehead atoms. The molecule has 1 aliphatic rings. The third-order valence-electron chi connectivity index (χ3n) is 3.50. The first kappa shape index (κ1) is 14.4. The van der Waals surface area contributed by atoms with Gasteiger partial charge in [0.05, 0.1) is 12.1 Å². The summed E-state index contributed by atoms with van der Waals surface area (Å²) in [7, 11) is 4.06. The van der Waals surface area contributed by atoms with Crippen LogP contribution in [0.2, 0.25) is 0 Å². The van der Waals surface area contributed by atoms with Crippen LogP contribution in [0, 0.1) is 0 Å². The van der Waals surface area contributed by atoms with E-state index in [1.54, 1.807) is 6.20 Å². The van der Waals surface area contributed by atoms with E-state index in [1.165, 1.54) is 0 Å². The molecule has 1 aromatic carbocycles. The van der Waals surface area contributed by atoms with E-state index in [4.69, 9.17) is 4.74 Å². The van der Waals surface area contributed by atoms with Crippen LogP contribution in [0.5, 0.6) is 5.88 Å². The summed E-state index contributed by atoms with van der Waals surface area (Å²) in [6.45, 7) is 2.15. The van der Waals surface area contributed by atoms with Crippen LogP contribution < -0.4 is 15.0 Å². The van der Waals surface area contributed by atoms with Crippen molar-refractivity contribution in [1.82, 2.24) is 10.3 Å². The number of amidine groups is 1. The number of nitrogens with zero attached hydrogens (tertiary/aromatic N) is 3. The van der Waals surface area contributed by atoms with Crippen molar-refractivity contribution in [2.75, 3.05) is 32.1 Å². The van der Waals surface area contributed by atoms with Crippen LogP contribution in [0.3, 0.4) is 0 Å². The summed E-state index contributed by atoms with van der Waals surface area (Å²) in [5, 5.41) is 3.26. The van der Waals surface area contributed by atoms with Crippen molar-refractivity contribution >= 4 is 11.5 Å². The van der Waals surface area contributed by atoms with Crippen molar-refractivity contribution in [1.29, 1.82) is 0 Å². The highest BCUT2D eigenvalue weighted by Crippen LogP contribution is 2.19. The van der Waals surface area contributed by atoms with Gasteiger partial charge in [0.2, 0.25) is 5.88 Å². The van der Waals surface area contributed by atoms with Crippen LogP contribution >= 0.6 is 0 Å². The molecule has 1 aliphatic heterocycles. The number of pyridine rings is 1. The molecule has 1 aromatic heterocycles. The SMILES string of the molecule is CN(C)c1cccc(COc2ncccc2C2=NCCN2)c1. The molecule has 1 N–H and O–H groups in total. The fourth-order valence-corrected chi connectivity index (χ4v) is 2.34. The van der Waals surface area contributed by atoms with Gasteiger partial charge in [0.25, 0.3) is 0 Å². The number of hydrogen-bond donors (Lipinski definition) is 1. The minimum Gasteiger partial charge on any atom is -0.472 e. The van der Waals surface area contributed by atoms with Gasteiger partial charge in [0, 0.05) is 32.5 Å². The van der Waals surface area contributed by atoms with Gasteiger partial charge in [-0.05, 0) is 29.8 Å². The van der Waals surface area contributed by atoms with Crippen LogP contribution in [0.1, 0.15) is 11.1 Å². The Balaban J connectivity index is 1.75. The number of benzene rings is 1. The number of nitrogens with one attached hydrogen (secondary N) is 1. The van der Waals surface area contributed by atoms with Crippen molar-refractivity contribution in [3.05, 3.63) is 53.7 Å². The number of rotatable bonds is 5. The second-order valence-electron chi connectivity index (χ2n) is 5.37. The minimum absolute atomic E-state index is 0.485. The first-order chi connectivity index (χ1) is 10.7. The van der Waals surface area contributed by atoms with E-state index in [9.17, 15) is 0 Å². The van der Waals surface area contributed by atoms with Crippen molar-refractivity contribution in [3.63, 3.8) is 0 Å². The standard InChI is InChI=1S/C17H20N4O/c1-21(2)14-6-3-5-13(11-14)12-22-17-15(7-4-8-20-17)16-18-9-10-19-16/h3-8,11H,9-10,12H2,1-2H3,(H,18,19). The van der Waals surface area contributed by atoms with Crippen LogP contribution in [0.15, 0.2) is 47.6 Å². The van der Waals surface area contributed by atoms with E-state index in [0.717, 1.165) is 35.7 Å². The monoisotopic (exact) mass is 296 g/mol. The molecule has 0 fully saturated rings. The summed E-state index contributed by atoms with van der Waals surface area (Å²) in [6.07, 6.45) is 1.74. The van der Waals surface area contributed by atoms with E-state index in [-0.39, 0.29) is 0 Å². The van der Waals surface area contributed by atoms with Crippen molar-refractivity contribution in [2.45, 2.75) is 6.61 Å². The number of ether oxygens (including phenoxy) is 1. The van der Waals surface area contributed by atoms with E-state index < -0.39 is 0 Å². The normalized spacial score (nSPS) is 13.5. The molecular formula is C17H20N4O. The summed E-state index contributed by atoms with van der Waals surface area (Å²) in [5.74, 6) is 1.48. The molecule has 0 saturated heterocycles. The summed E-state index contributed by atoms with van der Waals surface area (Å²) in [5.41, 5.74) is 3.19. The molecule has 0 atom stereocenters. The van der Waals surface area contributed by atoms with Crippen LogP contribution in [-0.4, -0.2) is 38.0 Å². The maximum absolute atomic E-state index is 5.92. The molecule has 0 aliphatic carbocycles. The third-order valence-corrected chi connectivity index (χ3v) is 3.50. The molecule has 2 heterocycles. The van der Waals surface area contributed by atoms with Gasteiger partial charge >= 0.3 is 0 Å². The van der Waals surface area contributed by atoms with Crippen LogP contribution in [-0.2, 0) is 6.61 Å². The van der Waals surface area contributed by atoms with Crippen molar-refractivity contribution in [2.24, 2.45) is 4.99 Å². The Bertz CT molecular complexity index is 682. The van der Waals surface area contributed by atoms with Gasteiger partial charge < -0.3 is 15.0 Å². The van der Waals surface area contributed by atoms with Gasteiger partial charge in [-0.15, -0.1) is 0 Å². The zero-order chi connectivity index (χ0) is 15.4. The lowest BCUT2D eigenvalue weighted by Crippen LogP contribution is -2.20. The number of hydrogen-bond acceptors (Lipinski definition) is 5. The first-order valence-electron chi connectivity index (χ1n) is 7.37. The van der Waals surface area contributed by atoms with Gasteiger partial charge in [-0.3, -0.25) is 4.99 Å². The van der Waals surface area contributed by atoms with Crippen LogP contribution in [0.4, 0.5) is 5.69 Å². The Morgan fingerprint density at radius 1 is 1.23 bits per heavy atom. The highest BCUT2D eigenvalue weighted by molar-refractivity contribution is 6.01. The summed E-state index contributed by atoms with van der Waals surface area (Å²) in [6, 6.07) is 12.2. The van der Waals surface area contributed by atoms with Crippen molar-refractivity contribution in [3.8, 4) is 5.88 Å². The predicted octanol–water partition coefficient (Wildman–Crippen LogP) is 2.08. The molecule has 0 unspecified atom stereocenters. The number of aliphatic imine (C=N–C) groups is 1. The topological polar surface area (TPSA) is 49.8 Å². The molecule has 22 heavy (non-hydrogen) atoms. The molecule has 5 heteroatoms. The van der Waals surface area contributed by atoms with Gasteiger partial charge in [0.15, 0.2) is 0 Å². The summed E-state index contributed by atoms with van der Waals surface area (Å²) < 4.78 is 5.92. The second-order valence-corrected chi connectivity index (χ2v) is 5.37. The van der Waals surface area contributed by atoms with E-state index in [1.807, 2.05) is 32.3 Å². The molecule has 3 rings (SSSR count). The van der Waals surface area contributed by atoms with E-state index in [2.05, 4.69) is 38.4 Å². The Morgan fingerprint density at radius 3 is 2.91 bits per heavy atom. The van der Waals surface area contributed by atoms with E-state index in [0.29, 0.717) is 12.5 Å². The van der Waals surface area contributed by atoms with E-state index >= 15 is 0 Å². The molecule has 0 radical (unpaired) electrons. The number of anilines is 1. The van der Waals surface area contributed by atoms with Gasteiger partial charge in [0.1, 0.15) is 12.4 Å². The number of aromatic nitrogens is 1. The van der Waals surface area contributed by atoms with Gasteiger partial charge in [-0.25, -0.2) is 4.98 Å². The molecule has 0 spiro atoms. The van der Waals surface area contributed by atoms with Crippen molar-refractivity contribution < 1.29 is 4.74 Å². The van der Waals surface area contributed by atoms with Gasteiger partial charge in [-0.2, -0.15) is 0 Å².